The van der Waals surface area contributed by atoms with E-state index >= 15 is 0 Å². The van der Waals surface area contributed by atoms with E-state index in [4.69, 9.17) is 0 Å². The Bertz CT molecular complexity index is 664. The first-order valence-corrected chi connectivity index (χ1v) is 8.03. The van der Waals surface area contributed by atoms with Gasteiger partial charge in [0.05, 0.1) is 10.1 Å². The fraction of sp³-hybridized carbons (Fsp3) is 0.375. The summed E-state index contributed by atoms with van der Waals surface area (Å²) in [4.78, 5) is 0.428. The molecule has 0 amide bonds. The van der Waals surface area contributed by atoms with Crippen molar-refractivity contribution in [3.05, 3.63) is 52.6 Å². The van der Waals surface area contributed by atoms with Gasteiger partial charge in [-0.1, -0.05) is 29.4 Å². The molecule has 1 aliphatic rings. The quantitative estimate of drug-likeness (QED) is 0.824. The Hall–Kier alpha value is -1.35. The Balaban J connectivity index is 2.41. The average Bonchev–Trinajstić information content (AvgIpc) is 2.35. The van der Waals surface area contributed by atoms with Crippen molar-refractivity contribution in [2.45, 2.75) is 44.3 Å². The van der Waals surface area contributed by atoms with Crippen LogP contribution in [0, 0.1) is 13.8 Å². The van der Waals surface area contributed by atoms with Crippen LogP contribution < -0.4 is 0 Å². The van der Waals surface area contributed by atoms with E-state index < -0.39 is 15.1 Å². The van der Waals surface area contributed by atoms with E-state index in [1.807, 2.05) is 45.9 Å². The third kappa shape index (κ3) is 2.66. The Morgan fingerprint density at radius 3 is 2.26 bits per heavy atom. The van der Waals surface area contributed by atoms with E-state index in [0.717, 1.165) is 16.7 Å². The van der Waals surface area contributed by atoms with Gasteiger partial charge in [0.25, 0.3) is 0 Å². The van der Waals surface area contributed by atoms with Crippen molar-refractivity contribution in [2.75, 3.05) is 0 Å². The summed E-state index contributed by atoms with van der Waals surface area (Å²) in [5, 5.41) is -0.432. The molecular weight excluding hydrogens is 256 g/mol. The van der Waals surface area contributed by atoms with Crippen molar-refractivity contribution in [3.8, 4) is 0 Å². The first-order chi connectivity index (χ1) is 8.82. The molecule has 2 nitrogen and oxygen atoms in total. The molecule has 0 saturated heterocycles. The van der Waals surface area contributed by atoms with Crippen LogP contribution in [0.25, 0.3) is 0 Å². The van der Waals surface area contributed by atoms with Crippen molar-refractivity contribution < 1.29 is 8.42 Å². The van der Waals surface area contributed by atoms with Crippen LogP contribution in [0.15, 0.2) is 46.4 Å². The molecule has 3 heteroatoms. The van der Waals surface area contributed by atoms with Gasteiger partial charge < -0.3 is 0 Å². The van der Waals surface area contributed by atoms with E-state index in [1.165, 1.54) is 5.57 Å². The number of rotatable bonds is 2. The summed E-state index contributed by atoms with van der Waals surface area (Å²) in [6.45, 7) is 7.92. The fourth-order valence-electron chi connectivity index (χ4n) is 2.21. The second-order valence-corrected chi connectivity index (χ2v) is 7.47. The molecule has 19 heavy (non-hydrogen) atoms. The lowest BCUT2D eigenvalue weighted by atomic mass is 10.0. The first kappa shape index (κ1) is 14.1. The van der Waals surface area contributed by atoms with Crippen LogP contribution in [0.3, 0.4) is 0 Å². The summed E-state index contributed by atoms with van der Waals surface area (Å²) >= 11 is 0. The van der Waals surface area contributed by atoms with Gasteiger partial charge >= 0.3 is 0 Å². The van der Waals surface area contributed by atoms with Crippen molar-refractivity contribution in [2.24, 2.45) is 0 Å². The maximum absolute atomic E-state index is 12.6. The second-order valence-electron chi connectivity index (χ2n) is 5.30. The number of allylic oxidation sites excluding steroid dienone is 3. The van der Waals surface area contributed by atoms with Gasteiger partial charge in [-0.25, -0.2) is 8.42 Å². The van der Waals surface area contributed by atoms with Gasteiger partial charge in [-0.05, 0) is 57.4 Å². The van der Waals surface area contributed by atoms with Gasteiger partial charge in [0.2, 0.25) is 0 Å². The molecule has 1 aliphatic carbocycles. The van der Waals surface area contributed by atoms with E-state index in [9.17, 15) is 8.42 Å². The standard InChI is InChI=1S/C16H20O2S/c1-11-5-7-15(9-13(11)3)19(17,18)16-8-6-12(2)14(4)10-16/h5-7,9-10,16H,8H2,1-4H3. The molecule has 0 saturated carbocycles. The molecule has 1 aromatic rings. The zero-order valence-corrected chi connectivity index (χ0v) is 12.7. The Labute approximate surface area is 115 Å². The van der Waals surface area contributed by atoms with Crippen LogP contribution in [-0.2, 0) is 9.84 Å². The summed E-state index contributed by atoms with van der Waals surface area (Å²) in [5.41, 5.74) is 4.37. The van der Waals surface area contributed by atoms with E-state index in [1.54, 1.807) is 12.1 Å². The molecule has 0 aromatic heterocycles. The molecule has 102 valence electrons. The monoisotopic (exact) mass is 276 g/mol. The number of hydrogen-bond acceptors (Lipinski definition) is 2. The summed E-state index contributed by atoms with van der Waals surface area (Å²) < 4.78 is 25.3. The lowest BCUT2D eigenvalue weighted by Gasteiger charge is -2.19. The topological polar surface area (TPSA) is 34.1 Å². The predicted molar refractivity (Wildman–Crippen MR) is 79.0 cm³/mol. The SMILES string of the molecule is CC1=CCC(S(=O)(=O)c2ccc(C)c(C)c2)C=C1C. The summed E-state index contributed by atoms with van der Waals surface area (Å²) in [5.74, 6) is 0. The minimum atomic E-state index is -3.28. The maximum Gasteiger partial charge on any atom is 0.185 e. The number of benzene rings is 1. The van der Waals surface area contributed by atoms with Crippen molar-refractivity contribution >= 4 is 9.84 Å². The van der Waals surface area contributed by atoms with Crippen molar-refractivity contribution in [1.82, 2.24) is 0 Å². The van der Waals surface area contributed by atoms with E-state index in [0.29, 0.717) is 11.3 Å². The number of sulfone groups is 1. The minimum Gasteiger partial charge on any atom is -0.223 e. The smallest absolute Gasteiger partial charge is 0.185 e. The highest BCUT2D eigenvalue weighted by Gasteiger charge is 2.27. The van der Waals surface area contributed by atoms with Crippen LogP contribution in [0.2, 0.25) is 0 Å². The van der Waals surface area contributed by atoms with Gasteiger partial charge in [0.1, 0.15) is 0 Å². The van der Waals surface area contributed by atoms with Crippen molar-refractivity contribution in [3.63, 3.8) is 0 Å². The van der Waals surface area contributed by atoms with Gasteiger partial charge in [-0.3, -0.25) is 0 Å². The molecule has 1 atom stereocenters. The molecule has 0 spiro atoms. The average molecular weight is 276 g/mol. The zero-order chi connectivity index (χ0) is 14.2. The molecule has 0 radical (unpaired) electrons. The number of aryl methyl sites for hydroxylation is 2. The highest BCUT2D eigenvalue weighted by Crippen LogP contribution is 2.27. The van der Waals surface area contributed by atoms with Crippen LogP contribution in [0.1, 0.15) is 31.4 Å². The number of hydrogen-bond donors (Lipinski definition) is 0. The highest BCUT2D eigenvalue weighted by molar-refractivity contribution is 7.92. The molecule has 0 heterocycles. The van der Waals surface area contributed by atoms with Gasteiger partial charge in [-0.2, -0.15) is 0 Å². The maximum atomic E-state index is 12.6. The van der Waals surface area contributed by atoms with E-state index in [-0.39, 0.29) is 0 Å². The fourth-order valence-corrected chi connectivity index (χ4v) is 3.90. The van der Waals surface area contributed by atoms with Crippen LogP contribution in [0.4, 0.5) is 0 Å². The molecule has 0 fully saturated rings. The second kappa shape index (κ2) is 4.97. The highest BCUT2D eigenvalue weighted by atomic mass is 32.2. The Kier molecular flexibility index (Phi) is 3.68. The van der Waals surface area contributed by atoms with Gasteiger partial charge in [0.15, 0.2) is 9.84 Å². The third-order valence-corrected chi connectivity index (χ3v) is 5.96. The summed E-state index contributed by atoms with van der Waals surface area (Å²) in [7, 11) is -3.28. The van der Waals surface area contributed by atoms with Crippen molar-refractivity contribution in [1.29, 1.82) is 0 Å². The molecule has 2 rings (SSSR count). The summed E-state index contributed by atoms with van der Waals surface area (Å²) in [6, 6.07) is 5.37. The summed E-state index contributed by atoms with van der Waals surface area (Å²) in [6.07, 6.45) is 4.46. The molecule has 0 aliphatic heterocycles. The zero-order valence-electron chi connectivity index (χ0n) is 11.9. The minimum absolute atomic E-state index is 0.428. The largest absolute Gasteiger partial charge is 0.223 e. The molecule has 0 N–H and O–H groups in total. The van der Waals surface area contributed by atoms with Gasteiger partial charge in [-0.15, -0.1) is 0 Å². The lowest BCUT2D eigenvalue weighted by molar-refractivity contribution is 0.587. The Morgan fingerprint density at radius 1 is 1.00 bits per heavy atom. The Morgan fingerprint density at radius 2 is 1.68 bits per heavy atom. The van der Waals surface area contributed by atoms with Gasteiger partial charge in [0, 0.05) is 0 Å². The van der Waals surface area contributed by atoms with Crippen LogP contribution >= 0.6 is 0 Å². The molecule has 0 bridgehead atoms. The first-order valence-electron chi connectivity index (χ1n) is 6.49. The third-order valence-electron chi connectivity index (χ3n) is 3.92. The van der Waals surface area contributed by atoms with Crippen LogP contribution in [-0.4, -0.2) is 13.7 Å². The van der Waals surface area contributed by atoms with Crippen LogP contribution in [0.5, 0.6) is 0 Å². The molecular formula is C16H20O2S. The lowest BCUT2D eigenvalue weighted by Crippen LogP contribution is -2.21. The molecule has 1 aromatic carbocycles. The molecule has 1 unspecified atom stereocenters. The van der Waals surface area contributed by atoms with E-state index in [2.05, 4.69) is 0 Å². The normalized spacial score (nSPS) is 19.9. The predicted octanol–water partition coefficient (Wildman–Crippen LogP) is 3.74.